The molecule has 0 saturated heterocycles. The van der Waals surface area contributed by atoms with Crippen molar-refractivity contribution in [1.29, 1.82) is 0 Å². The van der Waals surface area contributed by atoms with Crippen LogP contribution in [0.3, 0.4) is 0 Å². The Labute approximate surface area is 96.3 Å². The minimum atomic E-state index is 0.154. The van der Waals surface area contributed by atoms with E-state index in [4.69, 9.17) is 0 Å². The molecule has 88 valence electrons. The summed E-state index contributed by atoms with van der Waals surface area (Å²) in [4.78, 5) is 6.67. The maximum atomic E-state index is 9.38. The van der Waals surface area contributed by atoms with Crippen LogP contribution in [0.15, 0.2) is 12.1 Å². The first-order valence-electron chi connectivity index (χ1n) is 5.73. The van der Waals surface area contributed by atoms with Gasteiger partial charge in [-0.05, 0) is 26.0 Å². The lowest BCUT2D eigenvalue weighted by atomic mass is 10.1. The maximum absolute atomic E-state index is 9.38. The van der Waals surface area contributed by atoms with Crippen LogP contribution in [0.1, 0.15) is 17.7 Å². The number of aliphatic hydroxyl groups is 1. The van der Waals surface area contributed by atoms with Crippen LogP contribution in [-0.4, -0.2) is 36.3 Å². The minimum Gasteiger partial charge on any atom is -0.394 e. The summed E-state index contributed by atoms with van der Waals surface area (Å²) in [5, 5.41) is 12.7. The minimum absolute atomic E-state index is 0.154. The van der Waals surface area contributed by atoms with E-state index in [1.54, 1.807) is 0 Å². The van der Waals surface area contributed by atoms with Crippen molar-refractivity contribution in [2.75, 3.05) is 25.1 Å². The SMILES string of the molecule is Cc1ccc2c(n1)N(C)[C@H](CO)CCNC2. The summed E-state index contributed by atoms with van der Waals surface area (Å²) in [5.41, 5.74) is 2.22. The number of nitrogens with one attached hydrogen (secondary N) is 1. The van der Waals surface area contributed by atoms with Gasteiger partial charge in [0.25, 0.3) is 0 Å². The molecule has 0 unspecified atom stereocenters. The summed E-state index contributed by atoms with van der Waals surface area (Å²) in [7, 11) is 2.01. The van der Waals surface area contributed by atoms with Crippen LogP contribution in [-0.2, 0) is 6.54 Å². The van der Waals surface area contributed by atoms with Crippen LogP contribution >= 0.6 is 0 Å². The number of aliphatic hydroxyl groups excluding tert-OH is 1. The van der Waals surface area contributed by atoms with Crippen LogP contribution in [0.5, 0.6) is 0 Å². The first kappa shape index (κ1) is 11.4. The molecule has 1 aliphatic heterocycles. The van der Waals surface area contributed by atoms with Gasteiger partial charge in [0.15, 0.2) is 0 Å². The molecule has 0 amide bonds. The molecule has 1 aromatic heterocycles. The van der Waals surface area contributed by atoms with Gasteiger partial charge in [-0.1, -0.05) is 6.07 Å². The van der Waals surface area contributed by atoms with E-state index >= 15 is 0 Å². The normalized spacial score (nSPS) is 21.2. The van der Waals surface area contributed by atoms with E-state index in [1.165, 1.54) is 5.56 Å². The van der Waals surface area contributed by atoms with Gasteiger partial charge in [0.1, 0.15) is 5.82 Å². The quantitative estimate of drug-likeness (QED) is 0.732. The number of fused-ring (bicyclic) bond motifs is 1. The number of pyridine rings is 1. The molecular formula is C12H19N3O. The zero-order valence-electron chi connectivity index (χ0n) is 9.90. The molecule has 4 heteroatoms. The fourth-order valence-corrected chi connectivity index (χ4v) is 2.09. The zero-order chi connectivity index (χ0) is 11.5. The third-order valence-electron chi connectivity index (χ3n) is 3.16. The molecule has 2 rings (SSSR count). The number of rotatable bonds is 1. The Balaban J connectivity index is 2.37. The molecule has 0 fully saturated rings. The highest BCUT2D eigenvalue weighted by Gasteiger charge is 2.20. The summed E-state index contributed by atoms with van der Waals surface area (Å²) >= 11 is 0. The van der Waals surface area contributed by atoms with Crippen LogP contribution in [0, 0.1) is 6.92 Å². The number of anilines is 1. The molecule has 16 heavy (non-hydrogen) atoms. The van der Waals surface area contributed by atoms with E-state index in [0.717, 1.165) is 31.0 Å². The van der Waals surface area contributed by atoms with Crippen molar-refractivity contribution in [3.8, 4) is 0 Å². The van der Waals surface area contributed by atoms with Gasteiger partial charge in [-0.2, -0.15) is 0 Å². The predicted molar refractivity (Wildman–Crippen MR) is 64.6 cm³/mol. The molecule has 2 heterocycles. The van der Waals surface area contributed by atoms with Crippen molar-refractivity contribution in [2.45, 2.75) is 25.9 Å². The lowest BCUT2D eigenvalue weighted by molar-refractivity contribution is 0.253. The number of aromatic nitrogens is 1. The standard InChI is InChI=1S/C12H19N3O/c1-9-3-4-10-7-13-6-5-11(8-16)15(2)12(10)14-9/h3-4,11,13,16H,5-8H2,1-2H3/t11-/m0/s1. The second kappa shape index (κ2) is 4.80. The van der Waals surface area contributed by atoms with Crippen LogP contribution in [0.25, 0.3) is 0 Å². The average Bonchev–Trinajstić information content (AvgIpc) is 2.28. The molecule has 1 aromatic rings. The predicted octanol–water partition coefficient (Wildman–Crippen LogP) is 0.680. The van der Waals surface area contributed by atoms with Gasteiger partial charge in [0.2, 0.25) is 0 Å². The van der Waals surface area contributed by atoms with Gasteiger partial charge >= 0.3 is 0 Å². The number of hydrogen-bond donors (Lipinski definition) is 2. The molecule has 0 spiro atoms. The monoisotopic (exact) mass is 221 g/mol. The average molecular weight is 221 g/mol. The molecule has 0 aromatic carbocycles. The first-order chi connectivity index (χ1) is 7.72. The molecular weight excluding hydrogens is 202 g/mol. The van der Waals surface area contributed by atoms with Gasteiger partial charge < -0.3 is 15.3 Å². The van der Waals surface area contributed by atoms with Crippen LogP contribution in [0.4, 0.5) is 5.82 Å². The van der Waals surface area contributed by atoms with E-state index in [9.17, 15) is 5.11 Å². The second-order valence-electron chi connectivity index (χ2n) is 4.35. The van der Waals surface area contributed by atoms with Crippen molar-refractivity contribution < 1.29 is 5.11 Å². The fourth-order valence-electron chi connectivity index (χ4n) is 2.09. The molecule has 1 atom stereocenters. The molecule has 4 nitrogen and oxygen atoms in total. The van der Waals surface area contributed by atoms with E-state index < -0.39 is 0 Å². The number of hydrogen-bond acceptors (Lipinski definition) is 4. The topological polar surface area (TPSA) is 48.4 Å². The van der Waals surface area contributed by atoms with Crippen molar-refractivity contribution in [2.24, 2.45) is 0 Å². The van der Waals surface area contributed by atoms with E-state index in [1.807, 2.05) is 20.0 Å². The lowest BCUT2D eigenvalue weighted by Gasteiger charge is -2.31. The summed E-state index contributed by atoms with van der Waals surface area (Å²) in [6.07, 6.45) is 0.946. The van der Waals surface area contributed by atoms with Gasteiger partial charge in [0, 0.05) is 24.8 Å². The van der Waals surface area contributed by atoms with E-state index in [2.05, 4.69) is 21.3 Å². The summed E-state index contributed by atoms with van der Waals surface area (Å²) in [6, 6.07) is 4.30. The third-order valence-corrected chi connectivity index (χ3v) is 3.16. The number of likely N-dealkylation sites (N-methyl/N-ethyl adjacent to an activating group) is 1. The summed E-state index contributed by atoms with van der Waals surface area (Å²) in [5.74, 6) is 0.992. The van der Waals surface area contributed by atoms with Gasteiger partial charge in [-0.15, -0.1) is 0 Å². The van der Waals surface area contributed by atoms with Gasteiger partial charge in [0.05, 0.1) is 12.6 Å². The molecule has 0 aliphatic carbocycles. The molecule has 0 radical (unpaired) electrons. The fraction of sp³-hybridized carbons (Fsp3) is 0.583. The van der Waals surface area contributed by atoms with Crippen LogP contribution in [0.2, 0.25) is 0 Å². The highest BCUT2D eigenvalue weighted by molar-refractivity contribution is 5.48. The van der Waals surface area contributed by atoms with Gasteiger partial charge in [-0.25, -0.2) is 4.98 Å². The van der Waals surface area contributed by atoms with E-state index in [-0.39, 0.29) is 12.6 Å². The number of aryl methyl sites for hydroxylation is 1. The summed E-state index contributed by atoms with van der Waals surface area (Å²) in [6.45, 7) is 3.95. The Kier molecular flexibility index (Phi) is 3.41. The van der Waals surface area contributed by atoms with Gasteiger partial charge in [-0.3, -0.25) is 0 Å². The van der Waals surface area contributed by atoms with E-state index in [0.29, 0.717) is 0 Å². The highest BCUT2D eigenvalue weighted by Crippen LogP contribution is 2.21. The van der Waals surface area contributed by atoms with Crippen molar-refractivity contribution in [1.82, 2.24) is 10.3 Å². The Morgan fingerprint density at radius 3 is 3.12 bits per heavy atom. The third kappa shape index (κ3) is 2.18. The smallest absolute Gasteiger partial charge is 0.133 e. The van der Waals surface area contributed by atoms with Crippen molar-refractivity contribution in [3.63, 3.8) is 0 Å². The summed E-state index contributed by atoms with van der Waals surface area (Å²) < 4.78 is 0. The lowest BCUT2D eigenvalue weighted by Crippen LogP contribution is -2.40. The van der Waals surface area contributed by atoms with Crippen molar-refractivity contribution in [3.05, 3.63) is 23.4 Å². The number of nitrogens with zero attached hydrogens (tertiary/aromatic N) is 2. The van der Waals surface area contributed by atoms with Crippen molar-refractivity contribution >= 4 is 5.82 Å². The highest BCUT2D eigenvalue weighted by atomic mass is 16.3. The Morgan fingerprint density at radius 1 is 1.56 bits per heavy atom. The molecule has 2 N–H and O–H groups in total. The first-order valence-corrected chi connectivity index (χ1v) is 5.73. The largest absolute Gasteiger partial charge is 0.394 e. The maximum Gasteiger partial charge on any atom is 0.133 e. The molecule has 0 bridgehead atoms. The zero-order valence-corrected chi connectivity index (χ0v) is 9.90. The molecule has 0 saturated carbocycles. The van der Waals surface area contributed by atoms with Crippen LogP contribution < -0.4 is 10.2 Å². The second-order valence-corrected chi connectivity index (χ2v) is 4.35. The Bertz CT molecular complexity index is 367. The molecule has 1 aliphatic rings. The Morgan fingerprint density at radius 2 is 2.38 bits per heavy atom. The Hall–Kier alpha value is -1.13.